The highest BCUT2D eigenvalue weighted by Gasteiger charge is 2.12. The molecule has 3 aromatic rings. The molecule has 82 valence electrons. The molecule has 0 atom stereocenters. The number of benzene rings is 1. The Morgan fingerprint density at radius 1 is 1.12 bits per heavy atom. The van der Waals surface area contributed by atoms with Crippen molar-refractivity contribution in [3.63, 3.8) is 0 Å². The predicted molar refractivity (Wildman–Crippen MR) is 69.5 cm³/mol. The maximum Gasteiger partial charge on any atom is 0.194 e. The summed E-state index contributed by atoms with van der Waals surface area (Å²) in [5.74, 6) is 0.0600. The van der Waals surface area contributed by atoms with Crippen molar-refractivity contribution in [2.24, 2.45) is 0 Å². The normalized spacial score (nSPS) is 10.6. The number of ketones is 1. The fourth-order valence-corrected chi connectivity index (χ4v) is 2.49. The lowest BCUT2D eigenvalue weighted by Gasteiger charge is -2.03. The first-order valence-electron chi connectivity index (χ1n) is 5.27. The van der Waals surface area contributed by atoms with E-state index >= 15 is 0 Å². The molecule has 17 heavy (non-hydrogen) atoms. The first kappa shape index (κ1) is 10.2. The molecule has 0 spiro atoms. The first-order chi connectivity index (χ1) is 8.36. The summed E-state index contributed by atoms with van der Waals surface area (Å²) < 4.78 is 0. The SMILES string of the molecule is O=C(c1ccsc1)c1cccc2ncccc12. The molecular formula is C14H9NOS. The van der Waals surface area contributed by atoms with Crippen LogP contribution in [0.5, 0.6) is 0 Å². The molecule has 0 saturated heterocycles. The number of pyridine rings is 1. The molecule has 2 nitrogen and oxygen atoms in total. The minimum absolute atomic E-state index is 0.0600. The third kappa shape index (κ3) is 1.74. The molecule has 0 unspecified atom stereocenters. The molecule has 0 aliphatic heterocycles. The minimum atomic E-state index is 0.0600. The van der Waals surface area contributed by atoms with E-state index in [0.29, 0.717) is 5.56 Å². The van der Waals surface area contributed by atoms with Crippen molar-refractivity contribution >= 4 is 28.0 Å². The summed E-state index contributed by atoms with van der Waals surface area (Å²) >= 11 is 1.53. The summed E-state index contributed by atoms with van der Waals surface area (Å²) in [4.78, 5) is 16.6. The van der Waals surface area contributed by atoms with Crippen molar-refractivity contribution < 1.29 is 4.79 Å². The van der Waals surface area contributed by atoms with Crippen LogP contribution in [-0.2, 0) is 0 Å². The molecule has 0 fully saturated rings. The number of aromatic nitrogens is 1. The fourth-order valence-electron chi connectivity index (χ4n) is 1.85. The van der Waals surface area contributed by atoms with Gasteiger partial charge in [0.25, 0.3) is 0 Å². The van der Waals surface area contributed by atoms with Crippen LogP contribution in [0.3, 0.4) is 0 Å². The molecular weight excluding hydrogens is 230 g/mol. The average Bonchev–Trinajstić information content (AvgIpc) is 2.91. The maximum absolute atomic E-state index is 12.3. The van der Waals surface area contributed by atoms with Gasteiger partial charge in [-0.15, -0.1) is 0 Å². The number of hydrogen-bond acceptors (Lipinski definition) is 3. The highest BCUT2D eigenvalue weighted by molar-refractivity contribution is 7.08. The summed E-state index contributed by atoms with van der Waals surface area (Å²) in [6, 6.07) is 11.3. The van der Waals surface area contributed by atoms with Crippen LogP contribution in [0.4, 0.5) is 0 Å². The van der Waals surface area contributed by atoms with Crippen LogP contribution in [0, 0.1) is 0 Å². The second-order valence-corrected chi connectivity index (χ2v) is 4.50. The zero-order valence-electron chi connectivity index (χ0n) is 8.96. The summed E-state index contributed by atoms with van der Waals surface area (Å²) in [6.45, 7) is 0. The van der Waals surface area contributed by atoms with Gasteiger partial charge < -0.3 is 0 Å². The van der Waals surface area contributed by atoms with E-state index in [4.69, 9.17) is 0 Å². The predicted octanol–water partition coefficient (Wildman–Crippen LogP) is 3.53. The van der Waals surface area contributed by atoms with Crippen molar-refractivity contribution in [1.82, 2.24) is 4.98 Å². The van der Waals surface area contributed by atoms with E-state index in [1.54, 1.807) is 6.20 Å². The van der Waals surface area contributed by atoms with Gasteiger partial charge >= 0.3 is 0 Å². The Hall–Kier alpha value is -2.00. The lowest BCUT2D eigenvalue weighted by atomic mass is 10.0. The largest absolute Gasteiger partial charge is 0.289 e. The monoisotopic (exact) mass is 239 g/mol. The molecule has 0 saturated carbocycles. The van der Waals surface area contributed by atoms with Crippen molar-refractivity contribution in [1.29, 1.82) is 0 Å². The Labute approximate surface area is 103 Å². The molecule has 0 amide bonds. The molecule has 2 heterocycles. The molecule has 3 rings (SSSR count). The lowest BCUT2D eigenvalue weighted by molar-refractivity contribution is 0.104. The Kier molecular flexibility index (Phi) is 2.46. The minimum Gasteiger partial charge on any atom is -0.289 e. The second-order valence-electron chi connectivity index (χ2n) is 3.72. The molecule has 0 radical (unpaired) electrons. The van der Waals surface area contributed by atoms with E-state index in [9.17, 15) is 4.79 Å². The molecule has 0 aliphatic carbocycles. The first-order valence-corrected chi connectivity index (χ1v) is 6.21. The zero-order chi connectivity index (χ0) is 11.7. The van der Waals surface area contributed by atoms with Gasteiger partial charge in [0, 0.05) is 28.1 Å². The number of nitrogens with zero attached hydrogens (tertiary/aromatic N) is 1. The molecule has 0 bridgehead atoms. The van der Waals surface area contributed by atoms with Gasteiger partial charge in [0.05, 0.1) is 5.52 Å². The van der Waals surface area contributed by atoms with E-state index in [-0.39, 0.29) is 5.78 Å². The highest BCUT2D eigenvalue weighted by Crippen LogP contribution is 2.20. The Morgan fingerprint density at radius 3 is 2.88 bits per heavy atom. The van der Waals surface area contributed by atoms with Crippen LogP contribution < -0.4 is 0 Å². The lowest BCUT2D eigenvalue weighted by Crippen LogP contribution is -2.00. The molecule has 1 aromatic carbocycles. The van der Waals surface area contributed by atoms with Gasteiger partial charge in [0.15, 0.2) is 5.78 Å². The second kappa shape index (κ2) is 4.11. The Morgan fingerprint density at radius 2 is 2.06 bits per heavy atom. The van der Waals surface area contributed by atoms with Crippen LogP contribution in [0.1, 0.15) is 15.9 Å². The standard InChI is InChI=1S/C14H9NOS/c16-14(10-6-8-17-9-10)12-3-1-5-13-11(12)4-2-7-15-13/h1-9H. The maximum atomic E-state index is 12.3. The van der Waals surface area contributed by atoms with E-state index in [2.05, 4.69) is 4.98 Å². The van der Waals surface area contributed by atoms with Gasteiger partial charge in [-0.2, -0.15) is 11.3 Å². The van der Waals surface area contributed by atoms with Gasteiger partial charge in [0.1, 0.15) is 0 Å². The summed E-state index contributed by atoms with van der Waals surface area (Å²) in [5, 5.41) is 4.69. The highest BCUT2D eigenvalue weighted by atomic mass is 32.1. The van der Waals surface area contributed by atoms with Crippen molar-refractivity contribution in [3.8, 4) is 0 Å². The van der Waals surface area contributed by atoms with Gasteiger partial charge in [-0.05, 0) is 23.6 Å². The van der Waals surface area contributed by atoms with Crippen LogP contribution in [-0.4, -0.2) is 10.8 Å². The van der Waals surface area contributed by atoms with Crippen molar-refractivity contribution in [2.75, 3.05) is 0 Å². The summed E-state index contributed by atoms with van der Waals surface area (Å²) in [6.07, 6.45) is 1.74. The zero-order valence-corrected chi connectivity index (χ0v) is 9.78. The van der Waals surface area contributed by atoms with E-state index in [1.165, 1.54) is 11.3 Å². The Balaban J connectivity index is 2.21. The quantitative estimate of drug-likeness (QED) is 0.640. The number of hydrogen-bond donors (Lipinski definition) is 0. The Bertz CT molecular complexity index is 668. The smallest absolute Gasteiger partial charge is 0.194 e. The van der Waals surface area contributed by atoms with Crippen LogP contribution >= 0.6 is 11.3 Å². The third-order valence-electron chi connectivity index (χ3n) is 2.67. The van der Waals surface area contributed by atoms with Crippen molar-refractivity contribution in [2.45, 2.75) is 0 Å². The molecule has 2 aromatic heterocycles. The molecule has 0 N–H and O–H groups in total. The number of carbonyl (C=O) groups excluding carboxylic acids is 1. The van der Waals surface area contributed by atoms with E-state index in [1.807, 2.05) is 47.2 Å². The van der Waals surface area contributed by atoms with Crippen LogP contribution in [0.15, 0.2) is 53.4 Å². The topological polar surface area (TPSA) is 30.0 Å². The number of fused-ring (bicyclic) bond motifs is 1. The number of rotatable bonds is 2. The van der Waals surface area contributed by atoms with E-state index in [0.717, 1.165) is 16.5 Å². The van der Waals surface area contributed by atoms with Gasteiger partial charge in [-0.25, -0.2) is 0 Å². The fraction of sp³-hybridized carbons (Fsp3) is 0. The molecule has 3 heteroatoms. The summed E-state index contributed by atoms with van der Waals surface area (Å²) in [5.41, 5.74) is 2.31. The van der Waals surface area contributed by atoms with Gasteiger partial charge in [0.2, 0.25) is 0 Å². The number of thiophene rings is 1. The van der Waals surface area contributed by atoms with Crippen molar-refractivity contribution in [3.05, 3.63) is 64.5 Å². The van der Waals surface area contributed by atoms with Crippen LogP contribution in [0.25, 0.3) is 10.9 Å². The average molecular weight is 239 g/mol. The van der Waals surface area contributed by atoms with E-state index < -0.39 is 0 Å². The third-order valence-corrected chi connectivity index (χ3v) is 3.36. The van der Waals surface area contributed by atoms with Gasteiger partial charge in [-0.1, -0.05) is 18.2 Å². The summed E-state index contributed by atoms with van der Waals surface area (Å²) in [7, 11) is 0. The molecule has 0 aliphatic rings. The van der Waals surface area contributed by atoms with Crippen LogP contribution in [0.2, 0.25) is 0 Å². The van der Waals surface area contributed by atoms with Gasteiger partial charge in [-0.3, -0.25) is 9.78 Å². The number of carbonyl (C=O) groups is 1.